The van der Waals surface area contributed by atoms with Gasteiger partial charge in [0.25, 0.3) is 5.91 Å². The number of benzene rings is 2. The smallest absolute Gasteiger partial charge is 0.289 e. The molecule has 0 spiro atoms. The van der Waals surface area contributed by atoms with Crippen molar-refractivity contribution in [2.75, 3.05) is 6.54 Å². The number of ketones is 1. The summed E-state index contributed by atoms with van der Waals surface area (Å²) in [5.74, 6) is -4.28. The molecule has 3 atom stereocenters. The molecule has 1 fully saturated rings. The van der Waals surface area contributed by atoms with E-state index in [2.05, 4.69) is 21.3 Å². The lowest BCUT2D eigenvalue weighted by molar-refractivity contribution is -0.141. The van der Waals surface area contributed by atoms with Crippen LogP contribution in [-0.4, -0.2) is 54.1 Å². The Morgan fingerprint density at radius 1 is 0.975 bits per heavy atom. The molecule has 0 bridgehead atoms. The molecule has 4 amide bonds. The van der Waals surface area contributed by atoms with Crippen LogP contribution in [0.4, 0.5) is 4.39 Å². The molecule has 1 aliphatic rings. The molecule has 0 aliphatic carbocycles. The molecule has 212 valence electrons. The number of hydrogen-bond acceptors (Lipinski definition) is 5. The summed E-state index contributed by atoms with van der Waals surface area (Å²) in [6, 6.07) is 11.8. The van der Waals surface area contributed by atoms with Gasteiger partial charge < -0.3 is 21.3 Å². The highest BCUT2D eigenvalue weighted by Crippen LogP contribution is 2.18. The van der Waals surface area contributed by atoms with E-state index >= 15 is 0 Å². The minimum absolute atomic E-state index is 0.0000456. The van der Waals surface area contributed by atoms with Crippen LogP contribution in [0.25, 0.3) is 6.08 Å². The number of Topliss-reactive ketones (excluding diaryl/α,β-unsaturated/α-hetero) is 1. The van der Waals surface area contributed by atoms with E-state index in [0.717, 1.165) is 5.56 Å². The molecule has 4 N–H and O–H groups in total. The molecular weight excluding hydrogens is 515 g/mol. The summed E-state index contributed by atoms with van der Waals surface area (Å²) in [4.78, 5) is 64.3. The quantitative estimate of drug-likeness (QED) is 0.237. The molecule has 3 rings (SSSR count). The maximum absolute atomic E-state index is 13.5. The van der Waals surface area contributed by atoms with Crippen molar-refractivity contribution in [3.63, 3.8) is 0 Å². The van der Waals surface area contributed by atoms with Gasteiger partial charge in [-0.3, -0.25) is 24.0 Å². The molecule has 1 heterocycles. The Bertz CT molecular complexity index is 1230. The minimum atomic E-state index is -1.28. The standard InChI is InChI=1S/C30H35FN4O5/c1-19(2)33-30(40)27(37)24(18-22-9-6-16-32-28(22)38)35-29(39)25(17-21-10-13-23(31)14-11-21)34-26(36)15-12-20-7-4-3-5-8-20/h3-5,7-8,10-15,19,22,24-25H,6,9,16-18H2,1-2H3,(H,32,38)(H,33,40)(H,34,36)(H,35,39)/b15-12+/t22-,24-,25-/m0/s1. The fourth-order valence-corrected chi connectivity index (χ4v) is 4.36. The summed E-state index contributed by atoms with van der Waals surface area (Å²) in [7, 11) is 0. The minimum Gasteiger partial charge on any atom is -0.356 e. The Morgan fingerprint density at radius 3 is 2.33 bits per heavy atom. The lowest BCUT2D eigenvalue weighted by atomic mass is 9.89. The van der Waals surface area contributed by atoms with Crippen molar-refractivity contribution in [2.45, 2.75) is 57.7 Å². The van der Waals surface area contributed by atoms with Gasteiger partial charge in [-0.25, -0.2) is 4.39 Å². The number of rotatable bonds is 12. The Labute approximate surface area is 233 Å². The molecular formula is C30H35FN4O5. The van der Waals surface area contributed by atoms with Gasteiger partial charge >= 0.3 is 0 Å². The molecule has 0 aromatic heterocycles. The fourth-order valence-electron chi connectivity index (χ4n) is 4.36. The van der Waals surface area contributed by atoms with Gasteiger partial charge in [-0.05, 0) is 62.4 Å². The molecule has 0 saturated carbocycles. The summed E-state index contributed by atoms with van der Waals surface area (Å²) in [6.07, 6.45) is 4.03. The second kappa shape index (κ2) is 14.7. The van der Waals surface area contributed by atoms with Gasteiger partial charge in [-0.2, -0.15) is 0 Å². The Balaban J connectivity index is 1.81. The molecule has 9 nitrogen and oxygen atoms in total. The van der Waals surface area contributed by atoms with E-state index in [9.17, 15) is 28.4 Å². The third-order valence-electron chi connectivity index (χ3n) is 6.41. The fraction of sp³-hybridized carbons (Fsp3) is 0.367. The molecule has 0 unspecified atom stereocenters. The van der Waals surface area contributed by atoms with Crippen LogP contribution < -0.4 is 21.3 Å². The summed E-state index contributed by atoms with van der Waals surface area (Å²) in [5.41, 5.74) is 1.35. The van der Waals surface area contributed by atoms with Crippen LogP contribution in [-0.2, 0) is 30.4 Å². The first-order chi connectivity index (χ1) is 19.1. The lowest BCUT2D eigenvalue weighted by Gasteiger charge is -2.27. The molecule has 1 saturated heterocycles. The van der Waals surface area contributed by atoms with Crippen LogP contribution >= 0.6 is 0 Å². The predicted molar refractivity (Wildman–Crippen MR) is 148 cm³/mol. The number of piperidine rings is 1. The van der Waals surface area contributed by atoms with Crippen molar-refractivity contribution in [3.8, 4) is 0 Å². The van der Waals surface area contributed by atoms with Crippen molar-refractivity contribution in [1.82, 2.24) is 21.3 Å². The van der Waals surface area contributed by atoms with E-state index in [-0.39, 0.29) is 24.8 Å². The highest BCUT2D eigenvalue weighted by Gasteiger charge is 2.35. The summed E-state index contributed by atoms with van der Waals surface area (Å²) >= 11 is 0. The van der Waals surface area contributed by atoms with E-state index in [1.54, 1.807) is 19.9 Å². The van der Waals surface area contributed by atoms with Gasteiger partial charge in [0, 0.05) is 31.0 Å². The maximum atomic E-state index is 13.5. The van der Waals surface area contributed by atoms with Gasteiger partial charge in [-0.1, -0.05) is 42.5 Å². The largest absolute Gasteiger partial charge is 0.356 e. The average Bonchev–Trinajstić information content (AvgIpc) is 2.93. The van der Waals surface area contributed by atoms with E-state index in [1.165, 1.54) is 30.3 Å². The van der Waals surface area contributed by atoms with Crippen LogP contribution in [0.15, 0.2) is 60.7 Å². The van der Waals surface area contributed by atoms with Crippen LogP contribution in [0, 0.1) is 11.7 Å². The number of carbonyl (C=O) groups is 5. The van der Waals surface area contributed by atoms with Crippen LogP contribution in [0.2, 0.25) is 0 Å². The normalized spacial score (nSPS) is 16.6. The lowest BCUT2D eigenvalue weighted by Crippen LogP contribution is -2.56. The SMILES string of the molecule is CC(C)NC(=O)C(=O)[C@H](C[C@@H]1CCCNC1=O)NC(=O)[C@H](Cc1ccc(F)cc1)NC(=O)/C=C/c1ccccc1. The zero-order valence-electron chi connectivity index (χ0n) is 22.6. The monoisotopic (exact) mass is 550 g/mol. The Hall–Kier alpha value is -4.34. The van der Waals surface area contributed by atoms with Gasteiger partial charge in [0.15, 0.2) is 0 Å². The van der Waals surface area contributed by atoms with Crippen LogP contribution in [0.1, 0.15) is 44.2 Å². The van der Waals surface area contributed by atoms with Gasteiger partial charge in [0.1, 0.15) is 11.9 Å². The molecule has 1 aliphatic heterocycles. The molecule has 0 radical (unpaired) electrons. The summed E-state index contributed by atoms with van der Waals surface area (Å²) in [6.45, 7) is 3.92. The second-order valence-corrected chi connectivity index (χ2v) is 10.1. The third kappa shape index (κ3) is 9.44. The molecule has 2 aromatic rings. The summed E-state index contributed by atoms with van der Waals surface area (Å²) < 4.78 is 13.5. The zero-order valence-corrected chi connectivity index (χ0v) is 22.6. The summed E-state index contributed by atoms with van der Waals surface area (Å²) in [5, 5.41) is 10.5. The molecule has 40 heavy (non-hydrogen) atoms. The number of carbonyl (C=O) groups excluding carboxylic acids is 5. The van der Waals surface area contributed by atoms with Crippen molar-refractivity contribution in [3.05, 3.63) is 77.6 Å². The highest BCUT2D eigenvalue weighted by molar-refractivity contribution is 6.38. The van der Waals surface area contributed by atoms with E-state index in [4.69, 9.17) is 0 Å². The van der Waals surface area contributed by atoms with Gasteiger partial charge in [-0.15, -0.1) is 0 Å². The predicted octanol–water partition coefficient (Wildman–Crippen LogP) is 2.06. The van der Waals surface area contributed by atoms with Crippen molar-refractivity contribution in [1.29, 1.82) is 0 Å². The van der Waals surface area contributed by atoms with Crippen LogP contribution in [0.5, 0.6) is 0 Å². The second-order valence-electron chi connectivity index (χ2n) is 10.1. The van der Waals surface area contributed by atoms with E-state index in [0.29, 0.717) is 24.9 Å². The average molecular weight is 551 g/mol. The van der Waals surface area contributed by atoms with Gasteiger partial charge in [0.2, 0.25) is 23.5 Å². The third-order valence-corrected chi connectivity index (χ3v) is 6.41. The number of amides is 4. The van der Waals surface area contributed by atoms with Crippen LogP contribution in [0.3, 0.4) is 0 Å². The maximum Gasteiger partial charge on any atom is 0.289 e. The van der Waals surface area contributed by atoms with Crippen molar-refractivity contribution >= 4 is 35.5 Å². The highest BCUT2D eigenvalue weighted by atomic mass is 19.1. The number of nitrogens with one attached hydrogen (secondary N) is 4. The van der Waals surface area contributed by atoms with Gasteiger partial charge in [0.05, 0.1) is 6.04 Å². The van der Waals surface area contributed by atoms with Crippen molar-refractivity contribution in [2.24, 2.45) is 5.92 Å². The Morgan fingerprint density at radius 2 is 1.68 bits per heavy atom. The first kappa shape index (κ1) is 30.2. The molecule has 2 aromatic carbocycles. The number of hydrogen-bond donors (Lipinski definition) is 4. The Kier molecular flexibility index (Phi) is 11.1. The zero-order chi connectivity index (χ0) is 29.1. The first-order valence-corrected chi connectivity index (χ1v) is 13.3. The first-order valence-electron chi connectivity index (χ1n) is 13.3. The number of halogens is 1. The van der Waals surface area contributed by atoms with E-state index < -0.39 is 47.3 Å². The molecule has 10 heteroatoms. The van der Waals surface area contributed by atoms with E-state index in [1.807, 2.05) is 30.3 Å². The van der Waals surface area contributed by atoms with Crippen molar-refractivity contribution < 1.29 is 28.4 Å². The topological polar surface area (TPSA) is 133 Å².